The van der Waals surface area contributed by atoms with Gasteiger partial charge in [-0.2, -0.15) is 5.10 Å². The van der Waals surface area contributed by atoms with Crippen LogP contribution in [0.4, 0.5) is 0 Å². The fraction of sp³-hybridized carbons (Fsp3) is 0.167. The van der Waals surface area contributed by atoms with Gasteiger partial charge in [-0.3, -0.25) is 9.89 Å². The topological polar surface area (TPSA) is 84.1 Å². The Labute approximate surface area is 152 Å². The number of nitrogens with one attached hydrogen (secondary N) is 2. The molecule has 25 heavy (non-hydrogen) atoms. The van der Waals surface area contributed by atoms with Crippen LogP contribution in [0, 0.1) is 0 Å². The van der Waals surface area contributed by atoms with Crippen molar-refractivity contribution >= 4 is 38.7 Å². The first-order chi connectivity index (χ1) is 12.0. The minimum absolute atomic E-state index is 0.171. The highest BCUT2D eigenvalue weighted by molar-refractivity contribution is 9.10. The minimum atomic E-state index is -0.635. The van der Waals surface area contributed by atoms with Crippen LogP contribution in [0.2, 0.25) is 0 Å². The number of nitrogens with zero attached hydrogens (tertiary/aromatic N) is 1. The molecule has 7 heteroatoms. The van der Waals surface area contributed by atoms with E-state index in [1.807, 2.05) is 43.3 Å². The molecule has 0 saturated carbocycles. The Morgan fingerprint density at radius 1 is 1.20 bits per heavy atom. The zero-order valence-electron chi connectivity index (χ0n) is 13.5. The van der Waals surface area contributed by atoms with Crippen LogP contribution < -0.4 is 5.32 Å². The molecule has 3 aromatic rings. The molecule has 0 unspecified atom stereocenters. The SMILES string of the molecule is C[C@@H](NC(=O)COC(=O)c1n[nH]c2ccccc12)c1ccc(Br)cc1. The summed E-state index contributed by atoms with van der Waals surface area (Å²) in [6.07, 6.45) is 0. The second-order valence-corrected chi connectivity index (χ2v) is 6.45. The fourth-order valence-corrected chi connectivity index (χ4v) is 2.70. The van der Waals surface area contributed by atoms with Crippen LogP contribution in [0.25, 0.3) is 10.9 Å². The van der Waals surface area contributed by atoms with E-state index in [1.54, 1.807) is 12.1 Å². The van der Waals surface area contributed by atoms with E-state index < -0.39 is 5.97 Å². The third kappa shape index (κ3) is 4.06. The van der Waals surface area contributed by atoms with E-state index in [0.717, 1.165) is 15.6 Å². The fourth-order valence-electron chi connectivity index (χ4n) is 2.44. The number of carbonyl (C=O) groups excluding carboxylic acids is 2. The summed E-state index contributed by atoms with van der Waals surface area (Å²) in [5, 5.41) is 10.2. The zero-order valence-corrected chi connectivity index (χ0v) is 15.0. The van der Waals surface area contributed by atoms with Gasteiger partial charge in [-0.1, -0.05) is 46.3 Å². The van der Waals surface area contributed by atoms with Crippen molar-refractivity contribution in [3.63, 3.8) is 0 Å². The molecule has 2 N–H and O–H groups in total. The van der Waals surface area contributed by atoms with Gasteiger partial charge in [0.05, 0.1) is 11.6 Å². The van der Waals surface area contributed by atoms with Gasteiger partial charge < -0.3 is 10.1 Å². The molecule has 0 saturated heterocycles. The van der Waals surface area contributed by atoms with Gasteiger partial charge in [0.15, 0.2) is 12.3 Å². The third-order valence-corrected chi connectivity index (χ3v) is 4.27. The lowest BCUT2D eigenvalue weighted by molar-refractivity contribution is -0.124. The first-order valence-electron chi connectivity index (χ1n) is 7.69. The second-order valence-electron chi connectivity index (χ2n) is 5.53. The Bertz CT molecular complexity index is 905. The number of esters is 1. The van der Waals surface area contributed by atoms with Crippen molar-refractivity contribution in [2.75, 3.05) is 6.61 Å². The lowest BCUT2D eigenvalue weighted by Crippen LogP contribution is -2.31. The maximum atomic E-state index is 12.1. The summed E-state index contributed by atoms with van der Waals surface area (Å²) in [5.41, 5.74) is 1.87. The molecule has 2 aromatic carbocycles. The normalized spacial score (nSPS) is 11.9. The molecule has 0 aliphatic heterocycles. The Morgan fingerprint density at radius 3 is 2.68 bits per heavy atom. The molecule has 3 rings (SSSR count). The molecule has 128 valence electrons. The number of benzene rings is 2. The van der Waals surface area contributed by atoms with Crippen LogP contribution in [-0.2, 0) is 9.53 Å². The number of fused-ring (bicyclic) bond motifs is 1. The van der Waals surface area contributed by atoms with Crippen LogP contribution in [0.3, 0.4) is 0 Å². The molecule has 0 radical (unpaired) electrons. The maximum Gasteiger partial charge on any atom is 0.359 e. The highest BCUT2D eigenvalue weighted by Gasteiger charge is 2.17. The second kappa shape index (κ2) is 7.48. The van der Waals surface area contributed by atoms with E-state index in [9.17, 15) is 9.59 Å². The Hall–Kier alpha value is -2.67. The molecule has 1 heterocycles. The van der Waals surface area contributed by atoms with E-state index in [1.165, 1.54) is 0 Å². The van der Waals surface area contributed by atoms with Crippen LogP contribution in [0.5, 0.6) is 0 Å². The molecule has 0 spiro atoms. The molecule has 1 atom stereocenters. The number of rotatable bonds is 5. The molecule has 1 amide bonds. The molecular weight excluding hydrogens is 386 g/mol. The number of aromatic amines is 1. The van der Waals surface area contributed by atoms with Crippen LogP contribution in [0.15, 0.2) is 53.0 Å². The van der Waals surface area contributed by atoms with Gasteiger partial charge in [-0.25, -0.2) is 4.79 Å². The number of ether oxygens (including phenoxy) is 1. The number of hydrogen-bond acceptors (Lipinski definition) is 4. The highest BCUT2D eigenvalue weighted by Crippen LogP contribution is 2.17. The van der Waals surface area contributed by atoms with Gasteiger partial charge in [0.1, 0.15) is 0 Å². The predicted octanol–water partition coefficient (Wildman–Crippen LogP) is 3.36. The Kier molecular flexibility index (Phi) is 5.14. The first kappa shape index (κ1) is 17.2. The van der Waals surface area contributed by atoms with E-state index in [2.05, 4.69) is 31.4 Å². The molecule has 0 fully saturated rings. The number of amides is 1. The number of hydrogen-bond donors (Lipinski definition) is 2. The molecule has 0 aliphatic carbocycles. The van der Waals surface area contributed by atoms with Crippen molar-refractivity contribution in [2.45, 2.75) is 13.0 Å². The average Bonchev–Trinajstić information content (AvgIpc) is 3.04. The predicted molar refractivity (Wildman–Crippen MR) is 97.1 cm³/mol. The summed E-state index contributed by atoms with van der Waals surface area (Å²) in [7, 11) is 0. The average molecular weight is 402 g/mol. The summed E-state index contributed by atoms with van der Waals surface area (Å²) >= 11 is 3.37. The molecule has 0 aliphatic rings. The highest BCUT2D eigenvalue weighted by atomic mass is 79.9. The Morgan fingerprint density at radius 2 is 1.92 bits per heavy atom. The lowest BCUT2D eigenvalue weighted by atomic mass is 10.1. The zero-order chi connectivity index (χ0) is 17.8. The van der Waals surface area contributed by atoms with Crippen molar-refractivity contribution in [2.24, 2.45) is 0 Å². The van der Waals surface area contributed by atoms with E-state index in [4.69, 9.17) is 4.74 Å². The van der Waals surface area contributed by atoms with Crippen LogP contribution in [0.1, 0.15) is 29.0 Å². The number of para-hydroxylation sites is 1. The van der Waals surface area contributed by atoms with Crippen molar-refractivity contribution < 1.29 is 14.3 Å². The van der Waals surface area contributed by atoms with E-state index in [-0.39, 0.29) is 24.2 Å². The number of carbonyl (C=O) groups is 2. The third-order valence-electron chi connectivity index (χ3n) is 3.75. The van der Waals surface area contributed by atoms with Gasteiger partial charge >= 0.3 is 5.97 Å². The van der Waals surface area contributed by atoms with E-state index in [0.29, 0.717) is 5.39 Å². The minimum Gasteiger partial charge on any atom is -0.451 e. The van der Waals surface area contributed by atoms with Crippen molar-refractivity contribution in [3.8, 4) is 0 Å². The smallest absolute Gasteiger partial charge is 0.359 e. The van der Waals surface area contributed by atoms with Crippen molar-refractivity contribution in [3.05, 3.63) is 64.3 Å². The Balaban J connectivity index is 1.56. The quantitative estimate of drug-likeness (QED) is 0.641. The molecule has 6 nitrogen and oxygen atoms in total. The van der Waals surface area contributed by atoms with Gasteiger partial charge in [-0.15, -0.1) is 0 Å². The van der Waals surface area contributed by atoms with Gasteiger partial charge in [0.2, 0.25) is 0 Å². The monoisotopic (exact) mass is 401 g/mol. The molecule has 1 aromatic heterocycles. The van der Waals surface area contributed by atoms with Gasteiger partial charge in [-0.05, 0) is 30.7 Å². The number of aromatic nitrogens is 2. The largest absolute Gasteiger partial charge is 0.451 e. The molecule has 0 bridgehead atoms. The van der Waals surface area contributed by atoms with Crippen molar-refractivity contribution in [1.82, 2.24) is 15.5 Å². The molecular formula is C18H16BrN3O3. The van der Waals surface area contributed by atoms with E-state index >= 15 is 0 Å². The first-order valence-corrected chi connectivity index (χ1v) is 8.49. The summed E-state index contributed by atoms with van der Waals surface area (Å²) < 4.78 is 6.04. The summed E-state index contributed by atoms with van der Waals surface area (Å²) in [5.74, 6) is -1.01. The van der Waals surface area contributed by atoms with Crippen LogP contribution >= 0.6 is 15.9 Å². The lowest BCUT2D eigenvalue weighted by Gasteiger charge is -2.14. The standard InChI is InChI=1S/C18H16BrN3O3/c1-11(12-6-8-13(19)9-7-12)20-16(23)10-25-18(24)17-14-4-2-3-5-15(14)21-22-17/h2-9,11H,10H2,1H3,(H,20,23)(H,21,22)/t11-/m1/s1. The van der Waals surface area contributed by atoms with Gasteiger partial charge in [0.25, 0.3) is 5.91 Å². The van der Waals surface area contributed by atoms with Crippen LogP contribution in [-0.4, -0.2) is 28.7 Å². The summed E-state index contributed by atoms with van der Waals surface area (Å²) in [4.78, 5) is 24.1. The number of halogens is 1. The number of H-pyrrole nitrogens is 1. The summed E-state index contributed by atoms with van der Waals surface area (Å²) in [6, 6.07) is 14.7. The van der Waals surface area contributed by atoms with Gasteiger partial charge in [0, 0.05) is 9.86 Å². The van der Waals surface area contributed by atoms with Crippen molar-refractivity contribution in [1.29, 1.82) is 0 Å². The summed E-state index contributed by atoms with van der Waals surface area (Å²) in [6.45, 7) is 1.51. The maximum absolute atomic E-state index is 12.1.